The van der Waals surface area contributed by atoms with Crippen LogP contribution < -0.4 is 19.7 Å². The lowest BCUT2D eigenvalue weighted by Gasteiger charge is -2.31. The minimum atomic E-state index is -0.313. The fraction of sp³-hybridized carbons (Fsp3) is 0.481. The molecule has 1 heterocycles. The standard InChI is InChI=1S/C27H37N3O6/c1-4-35-24-18-23(30-13-15-34-16-14-30)25(36-5-2)17-22(24)28-26(31)20-29(12-11-27(32)33-3)19-21-9-7-6-8-10-21/h6-10,17-18H,4-5,11-16,19-20H2,1-3H3,(H,28,31). The Kier molecular flexibility index (Phi) is 10.8. The van der Waals surface area contributed by atoms with Gasteiger partial charge in [-0.2, -0.15) is 0 Å². The van der Waals surface area contributed by atoms with Gasteiger partial charge in [-0.3, -0.25) is 14.5 Å². The van der Waals surface area contributed by atoms with E-state index >= 15 is 0 Å². The molecule has 1 N–H and O–H groups in total. The normalized spacial score (nSPS) is 13.4. The number of hydrogen-bond acceptors (Lipinski definition) is 8. The molecule has 1 aliphatic rings. The van der Waals surface area contributed by atoms with Gasteiger partial charge < -0.3 is 29.2 Å². The van der Waals surface area contributed by atoms with Crippen molar-refractivity contribution in [3.63, 3.8) is 0 Å². The highest BCUT2D eigenvalue weighted by atomic mass is 16.5. The zero-order valence-electron chi connectivity index (χ0n) is 21.5. The number of carbonyl (C=O) groups excluding carboxylic acids is 2. The van der Waals surface area contributed by atoms with Crippen LogP contribution in [0.2, 0.25) is 0 Å². The van der Waals surface area contributed by atoms with Gasteiger partial charge in [-0.15, -0.1) is 0 Å². The van der Waals surface area contributed by atoms with Crippen molar-refractivity contribution in [2.75, 3.05) is 69.9 Å². The number of esters is 1. The van der Waals surface area contributed by atoms with Gasteiger partial charge in [0.15, 0.2) is 0 Å². The average Bonchev–Trinajstić information content (AvgIpc) is 2.89. The maximum atomic E-state index is 13.1. The number of rotatable bonds is 13. The zero-order chi connectivity index (χ0) is 25.8. The quantitative estimate of drug-likeness (QED) is 0.420. The summed E-state index contributed by atoms with van der Waals surface area (Å²) in [5.74, 6) is 0.746. The smallest absolute Gasteiger partial charge is 0.306 e. The van der Waals surface area contributed by atoms with Crippen LogP contribution in [0.15, 0.2) is 42.5 Å². The summed E-state index contributed by atoms with van der Waals surface area (Å²) >= 11 is 0. The van der Waals surface area contributed by atoms with E-state index < -0.39 is 0 Å². The summed E-state index contributed by atoms with van der Waals surface area (Å²) in [6.45, 7) is 8.64. The first-order valence-corrected chi connectivity index (χ1v) is 12.4. The summed E-state index contributed by atoms with van der Waals surface area (Å²) in [5, 5.41) is 3.00. The minimum absolute atomic E-state index is 0.104. The molecule has 0 spiro atoms. The first-order chi connectivity index (χ1) is 17.5. The zero-order valence-corrected chi connectivity index (χ0v) is 21.5. The maximum Gasteiger partial charge on any atom is 0.306 e. The van der Waals surface area contributed by atoms with Crippen molar-refractivity contribution in [3.05, 3.63) is 48.0 Å². The van der Waals surface area contributed by atoms with Gasteiger partial charge in [-0.05, 0) is 19.4 Å². The molecule has 0 aromatic heterocycles. The number of nitrogens with one attached hydrogen (secondary N) is 1. The van der Waals surface area contributed by atoms with Crippen molar-refractivity contribution in [2.45, 2.75) is 26.8 Å². The molecule has 0 aliphatic carbocycles. The molecule has 3 rings (SSSR count). The van der Waals surface area contributed by atoms with E-state index in [9.17, 15) is 9.59 Å². The molecular formula is C27H37N3O6. The summed E-state index contributed by atoms with van der Waals surface area (Å²) in [6.07, 6.45) is 0.198. The molecule has 0 unspecified atom stereocenters. The number of amides is 1. The van der Waals surface area contributed by atoms with Gasteiger partial charge in [0.05, 0.1) is 57.9 Å². The van der Waals surface area contributed by atoms with Crippen LogP contribution in [0, 0.1) is 0 Å². The van der Waals surface area contributed by atoms with E-state index in [1.807, 2.05) is 61.2 Å². The van der Waals surface area contributed by atoms with E-state index in [0.717, 1.165) is 24.3 Å². The Bertz CT molecular complexity index is 979. The lowest BCUT2D eigenvalue weighted by Crippen LogP contribution is -2.36. The fourth-order valence-electron chi connectivity index (χ4n) is 4.04. The van der Waals surface area contributed by atoms with Crippen LogP contribution in [-0.2, 0) is 25.6 Å². The molecule has 1 fully saturated rings. The summed E-state index contributed by atoms with van der Waals surface area (Å²) in [6, 6.07) is 13.6. The van der Waals surface area contributed by atoms with Crippen LogP contribution in [0.5, 0.6) is 11.5 Å². The van der Waals surface area contributed by atoms with E-state index in [1.165, 1.54) is 7.11 Å². The van der Waals surface area contributed by atoms with E-state index in [0.29, 0.717) is 56.7 Å². The average molecular weight is 500 g/mol. The largest absolute Gasteiger partial charge is 0.492 e. The highest BCUT2D eigenvalue weighted by molar-refractivity contribution is 5.94. The van der Waals surface area contributed by atoms with Crippen LogP contribution in [-0.4, -0.2) is 76.5 Å². The van der Waals surface area contributed by atoms with Crippen molar-refractivity contribution in [2.24, 2.45) is 0 Å². The topological polar surface area (TPSA) is 89.6 Å². The van der Waals surface area contributed by atoms with Crippen LogP contribution in [0.1, 0.15) is 25.8 Å². The molecule has 2 aromatic rings. The molecule has 0 saturated carbocycles. The van der Waals surface area contributed by atoms with Crippen LogP contribution in [0.3, 0.4) is 0 Å². The Hall–Kier alpha value is -3.30. The number of morpholine rings is 1. The Labute approximate surface area is 213 Å². The Morgan fingerprint density at radius 3 is 2.39 bits per heavy atom. The first-order valence-electron chi connectivity index (χ1n) is 12.4. The molecule has 196 valence electrons. The molecule has 1 saturated heterocycles. The number of nitrogens with zero attached hydrogens (tertiary/aromatic N) is 2. The lowest BCUT2D eigenvalue weighted by molar-refractivity contribution is -0.141. The molecule has 1 amide bonds. The van der Waals surface area contributed by atoms with Gasteiger partial charge in [-0.25, -0.2) is 0 Å². The summed E-state index contributed by atoms with van der Waals surface area (Å²) in [4.78, 5) is 29.0. The number of anilines is 2. The Morgan fingerprint density at radius 2 is 1.72 bits per heavy atom. The van der Waals surface area contributed by atoms with E-state index in [-0.39, 0.29) is 24.8 Å². The third-order valence-corrected chi connectivity index (χ3v) is 5.76. The second-order valence-electron chi connectivity index (χ2n) is 8.35. The molecule has 1 aliphatic heterocycles. The number of methoxy groups -OCH3 is 1. The fourth-order valence-corrected chi connectivity index (χ4v) is 4.04. The minimum Gasteiger partial charge on any atom is -0.492 e. The summed E-state index contributed by atoms with van der Waals surface area (Å²) in [7, 11) is 1.36. The van der Waals surface area contributed by atoms with E-state index in [4.69, 9.17) is 18.9 Å². The van der Waals surface area contributed by atoms with Crippen LogP contribution >= 0.6 is 0 Å². The summed E-state index contributed by atoms with van der Waals surface area (Å²) < 4.78 is 22.1. The lowest BCUT2D eigenvalue weighted by atomic mass is 10.2. The molecule has 36 heavy (non-hydrogen) atoms. The molecule has 2 aromatic carbocycles. The van der Waals surface area contributed by atoms with Gasteiger partial charge in [0.2, 0.25) is 5.91 Å². The van der Waals surface area contributed by atoms with Crippen LogP contribution in [0.25, 0.3) is 0 Å². The number of carbonyl (C=O) groups is 2. The molecule has 0 bridgehead atoms. The highest BCUT2D eigenvalue weighted by Gasteiger charge is 2.21. The number of hydrogen-bond donors (Lipinski definition) is 1. The molecule has 9 nitrogen and oxygen atoms in total. The second kappa shape index (κ2) is 14.3. The maximum absolute atomic E-state index is 13.1. The Morgan fingerprint density at radius 1 is 1.03 bits per heavy atom. The highest BCUT2D eigenvalue weighted by Crippen LogP contribution is 2.39. The van der Waals surface area contributed by atoms with Crippen molar-refractivity contribution in [1.82, 2.24) is 4.90 Å². The van der Waals surface area contributed by atoms with Crippen molar-refractivity contribution >= 4 is 23.3 Å². The predicted molar refractivity (Wildman–Crippen MR) is 139 cm³/mol. The third-order valence-electron chi connectivity index (χ3n) is 5.76. The molecule has 0 atom stereocenters. The van der Waals surface area contributed by atoms with Crippen molar-refractivity contribution in [3.8, 4) is 11.5 Å². The first kappa shape index (κ1) is 27.3. The monoisotopic (exact) mass is 499 g/mol. The second-order valence-corrected chi connectivity index (χ2v) is 8.35. The van der Waals surface area contributed by atoms with Gasteiger partial charge in [0.1, 0.15) is 11.5 Å². The molecular weight excluding hydrogens is 462 g/mol. The van der Waals surface area contributed by atoms with Gasteiger partial charge >= 0.3 is 5.97 Å². The Balaban J connectivity index is 1.78. The third kappa shape index (κ3) is 8.13. The number of benzene rings is 2. The van der Waals surface area contributed by atoms with Gasteiger partial charge in [-0.1, -0.05) is 30.3 Å². The van der Waals surface area contributed by atoms with E-state index in [2.05, 4.69) is 10.2 Å². The molecule has 9 heteroatoms. The summed E-state index contributed by atoms with van der Waals surface area (Å²) in [5.41, 5.74) is 2.53. The van der Waals surface area contributed by atoms with Crippen molar-refractivity contribution in [1.29, 1.82) is 0 Å². The van der Waals surface area contributed by atoms with Crippen LogP contribution in [0.4, 0.5) is 11.4 Å². The van der Waals surface area contributed by atoms with E-state index in [1.54, 1.807) is 0 Å². The van der Waals surface area contributed by atoms with Crippen molar-refractivity contribution < 1.29 is 28.5 Å². The SMILES string of the molecule is CCOc1cc(N2CCOCC2)c(OCC)cc1NC(=O)CN(CCC(=O)OC)Cc1ccccc1. The van der Waals surface area contributed by atoms with Gasteiger partial charge in [0, 0.05) is 38.3 Å². The predicted octanol–water partition coefficient (Wildman–Crippen LogP) is 3.32. The van der Waals surface area contributed by atoms with Gasteiger partial charge in [0.25, 0.3) is 0 Å². The number of ether oxygens (including phenoxy) is 4. The molecule has 0 radical (unpaired) electrons.